The van der Waals surface area contributed by atoms with Crippen LogP contribution >= 0.6 is 46.4 Å². The maximum Gasteiger partial charge on any atom is 0.258 e. The Bertz CT molecular complexity index is 1190. The molecule has 0 aliphatic carbocycles. The minimum absolute atomic E-state index is 0.149. The molecule has 0 saturated carbocycles. The number of nitrogens with one attached hydrogen (secondary N) is 2. The number of amides is 1. The summed E-state index contributed by atoms with van der Waals surface area (Å²) in [5, 5.41) is 6.29. The quantitative estimate of drug-likeness (QED) is 0.295. The van der Waals surface area contributed by atoms with Crippen molar-refractivity contribution >= 4 is 68.8 Å². The molecule has 9 heteroatoms. The number of hydrogen-bond acceptors (Lipinski definition) is 4. The third kappa shape index (κ3) is 6.44. The van der Waals surface area contributed by atoms with Gasteiger partial charge < -0.3 is 10.2 Å². The van der Waals surface area contributed by atoms with E-state index in [1.807, 2.05) is 42.5 Å². The van der Waals surface area contributed by atoms with Crippen molar-refractivity contribution in [2.24, 2.45) is 0 Å². The van der Waals surface area contributed by atoms with E-state index in [-0.39, 0.29) is 16.8 Å². The molecule has 0 radical (unpaired) electrons. The second-order valence-corrected chi connectivity index (χ2v) is 9.99. The summed E-state index contributed by atoms with van der Waals surface area (Å²) in [5.74, 6) is -0.505. The number of benzene rings is 3. The van der Waals surface area contributed by atoms with Crippen LogP contribution in [0.25, 0.3) is 0 Å². The minimum Gasteiger partial charge on any atom is -0.369 e. The van der Waals surface area contributed by atoms with Crippen molar-refractivity contribution in [2.75, 3.05) is 36.4 Å². The van der Waals surface area contributed by atoms with Gasteiger partial charge in [0.05, 0.1) is 10.6 Å². The van der Waals surface area contributed by atoms with Crippen LogP contribution in [0.2, 0.25) is 5.02 Å². The van der Waals surface area contributed by atoms with Gasteiger partial charge in [0, 0.05) is 53.2 Å². The number of carbonyl (C=O) groups excluding carboxylic acids is 1. The Hall–Kier alpha value is -2.27. The molecule has 3 aromatic rings. The number of rotatable bonds is 5. The van der Waals surface area contributed by atoms with Crippen LogP contribution in [0.15, 0.2) is 66.7 Å². The third-order valence-electron chi connectivity index (χ3n) is 5.61. The Labute approximate surface area is 222 Å². The number of carbonyl (C=O) groups is 1. The lowest BCUT2D eigenvalue weighted by Crippen LogP contribution is -2.46. The highest BCUT2D eigenvalue weighted by Gasteiger charge is 2.18. The first kappa shape index (κ1) is 24.8. The smallest absolute Gasteiger partial charge is 0.258 e. The highest BCUT2D eigenvalue weighted by atomic mass is 127. The monoisotopic (exact) mass is 608 g/mol. The van der Waals surface area contributed by atoms with Crippen LogP contribution in [0.5, 0.6) is 0 Å². The molecule has 1 heterocycles. The molecule has 1 fully saturated rings. The first-order chi connectivity index (χ1) is 16.4. The number of hydrogen-bond donors (Lipinski definition) is 2. The summed E-state index contributed by atoms with van der Waals surface area (Å²) in [5.41, 5.74) is 3.00. The van der Waals surface area contributed by atoms with Gasteiger partial charge in [0.15, 0.2) is 5.11 Å². The second-order valence-electron chi connectivity index (χ2n) is 7.93. The van der Waals surface area contributed by atoms with E-state index >= 15 is 0 Å². The molecule has 0 spiro atoms. The number of piperazine rings is 1. The Morgan fingerprint density at radius 2 is 1.74 bits per heavy atom. The highest BCUT2D eigenvalue weighted by molar-refractivity contribution is 14.1. The van der Waals surface area contributed by atoms with Crippen LogP contribution in [-0.4, -0.2) is 42.1 Å². The molecule has 0 unspecified atom stereocenters. The van der Waals surface area contributed by atoms with Crippen molar-refractivity contribution in [1.82, 2.24) is 10.2 Å². The molecule has 1 amide bonds. The molecular weight excluding hydrogens is 586 g/mol. The summed E-state index contributed by atoms with van der Waals surface area (Å²) in [6, 6.07) is 20.1. The van der Waals surface area contributed by atoms with Crippen LogP contribution in [0, 0.1) is 9.39 Å². The molecule has 1 saturated heterocycles. The van der Waals surface area contributed by atoms with E-state index in [4.69, 9.17) is 23.8 Å². The molecule has 3 aromatic carbocycles. The fourth-order valence-corrected chi connectivity index (χ4v) is 4.70. The van der Waals surface area contributed by atoms with Crippen LogP contribution in [0.3, 0.4) is 0 Å². The summed E-state index contributed by atoms with van der Waals surface area (Å²) in [7, 11) is 0. The second kappa shape index (κ2) is 11.4. The van der Waals surface area contributed by atoms with E-state index in [0.29, 0.717) is 17.1 Å². The fourth-order valence-electron chi connectivity index (χ4n) is 3.79. The summed E-state index contributed by atoms with van der Waals surface area (Å²) in [6.45, 7) is 4.09. The fraction of sp³-hybridized carbons (Fsp3) is 0.200. The van der Waals surface area contributed by atoms with Gasteiger partial charge in [-0.05, 0) is 83.3 Å². The van der Waals surface area contributed by atoms with Gasteiger partial charge in [0.2, 0.25) is 0 Å². The van der Waals surface area contributed by atoms with Gasteiger partial charge in [-0.15, -0.1) is 0 Å². The maximum absolute atomic E-state index is 13.9. The van der Waals surface area contributed by atoms with Gasteiger partial charge in [0.1, 0.15) is 5.82 Å². The van der Waals surface area contributed by atoms with Gasteiger partial charge in [0.25, 0.3) is 5.91 Å². The average Bonchev–Trinajstić information content (AvgIpc) is 2.83. The molecule has 176 valence electrons. The normalized spacial score (nSPS) is 14.0. The third-order valence-corrected chi connectivity index (χ3v) is 6.82. The van der Waals surface area contributed by atoms with Crippen LogP contribution in [0.4, 0.5) is 15.8 Å². The number of thiocarbonyl (C=S) groups is 1. The van der Waals surface area contributed by atoms with Crippen molar-refractivity contribution in [2.45, 2.75) is 6.54 Å². The lowest BCUT2D eigenvalue weighted by Gasteiger charge is -2.36. The van der Waals surface area contributed by atoms with E-state index in [1.165, 1.54) is 6.07 Å². The molecule has 0 bridgehead atoms. The highest BCUT2D eigenvalue weighted by Crippen LogP contribution is 2.21. The Kier molecular flexibility index (Phi) is 8.36. The van der Waals surface area contributed by atoms with Crippen molar-refractivity contribution in [3.05, 3.63) is 92.3 Å². The van der Waals surface area contributed by atoms with E-state index < -0.39 is 0 Å². The molecule has 1 aliphatic rings. The topological polar surface area (TPSA) is 47.6 Å². The largest absolute Gasteiger partial charge is 0.369 e. The van der Waals surface area contributed by atoms with E-state index in [9.17, 15) is 9.18 Å². The average molecular weight is 609 g/mol. The number of halogens is 3. The molecule has 1 aliphatic heterocycles. The van der Waals surface area contributed by atoms with Gasteiger partial charge in [-0.3, -0.25) is 15.0 Å². The summed E-state index contributed by atoms with van der Waals surface area (Å²) < 4.78 is 14.8. The first-order valence-electron chi connectivity index (χ1n) is 10.8. The van der Waals surface area contributed by atoms with Gasteiger partial charge in [-0.25, -0.2) is 4.39 Å². The standard InChI is InChI=1S/C25H23ClFIN4OS/c26-22-10-5-18(28)15-21(22)24(33)30-25(34)29-19-6-8-20(9-7-19)32-13-11-31(12-14-32)16-17-3-1-2-4-23(17)27/h1-10,15H,11-14,16H2,(H2,29,30,33,34). The number of nitrogens with zero attached hydrogens (tertiary/aromatic N) is 2. The SMILES string of the molecule is O=C(NC(=S)Nc1ccc(N2CCN(Cc3ccccc3F)CC2)cc1)c1cc(I)ccc1Cl. The summed E-state index contributed by atoms with van der Waals surface area (Å²) in [4.78, 5) is 17.1. The predicted octanol–water partition coefficient (Wildman–Crippen LogP) is 5.53. The molecule has 0 aromatic heterocycles. The van der Waals surface area contributed by atoms with Gasteiger partial charge in [-0.1, -0.05) is 29.8 Å². The van der Waals surface area contributed by atoms with Crippen LogP contribution < -0.4 is 15.5 Å². The number of anilines is 2. The molecule has 5 nitrogen and oxygen atoms in total. The van der Waals surface area contributed by atoms with Crippen molar-refractivity contribution in [1.29, 1.82) is 0 Å². The summed E-state index contributed by atoms with van der Waals surface area (Å²) in [6.07, 6.45) is 0. The minimum atomic E-state index is -0.356. The molecule has 2 N–H and O–H groups in total. The van der Waals surface area contributed by atoms with E-state index in [1.54, 1.807) is 18.2 Å². The van der Waals surface area contributed by atoms with E-state index in [0.717, 1.165) is 46.7 Å². The lowest BCUT2D eigenvalue weighted by atomic mass is 10.1. The molecule has 4 rings (SSSR count). The predicted molar refractivity (Wildman–Crippen MR) is 148 cm³/mol. The molecular formula is C25H23ClFIN4OS. The van der Waals surface area contributed by atoms with Crippen molar-refractivity contribution in [3.8, 4) is 0 Å². The van der Waals surface area contributed by atoms with Crippen molar-refractivity contribution < 1.29 is 9.18 Å². The molecule has 34 heavy (non-hydrogen) atoms. The van der Waals surface area contributed by atoms with Gasteiger partial charge in [-0.2, -0.15) is 0 Å². The maximum atomic E-state index is 13.9. The lowest BCUT2D eigenvalue weighted by molar-refractivity contribution is 0.0978. The summed E-state index contributed by atoms with van der Waals surface area (Å²) >= 11 is 13.5. The Morgan fingerprint density at radius 3 is 2.44 bits per heavy atom. The Balaban J connectivity index is 1.28. The zero-order chi connectivity index (χ0) is 24.1. The molecule has 0 atom stereocenters. The first-order valence-corrected chi connectivity index (χ1v) is 12.6. The van der Waals surface area contributed by atoms with Crippen LogP contribution in [0.1, 0.15) is 15.9 Å². The Morgan fingerprint density at radius 1 is 1.03 bits per heavy atom. The van der Waals surface area contributed by atoms with Crippen molar-refractivity contribution in [3.63, 3.8) is 0 Å². The van der Waals surface area contributed by atoms with Crippen LogP contribution in [-0.2, 0) is 6.54 Å². The zero-order valence-electron chi connectivity index (χ0n) is 18.2. The van der Waals surface area contributed by atoms with Gasteiger partial charge >= 0.3 is 0 Å². The zero-order valence-corrected chi connectivity index (χ0v) is 22.0. The van der Waals surface area contributed by atoms with E-state index in [2.05, 4.69) is 43.0 Å².